The van der Waals surface area contributed by atoms with Crippen LogP contribution in [0.25, 0.3) is 0 Å². The van der Waals surface area contributed by atoms with Crippen molar-refractivity contribution >= 4 is 36.3 Å². The maximum Gasteiger partial charge on any atom is 0.326 e. The number of nitrogens with two attached hydrogens (primary N) is 1. The number of hydrogen-bond acceptors (Lipinski definition) is 6. The van der Waals surface area contributed by atoms with Gasteiger partial charge in [-0.05, 0) is 17.4 Å². The summed E-state index contributed by atoms with van der Waals surface area (Å²) in [4.78, 5) is 50.0. The van der Waals surface area contributed by atoms with Crippen LogP contribution in [0.1, 0.15) is 39.7 Å². The molecule has 9 nitrogen and oxygen atoms in total. The zero-order valence-corrected chi connectivity index (χ0v) is 20.5. The molecular formula is C23H36N4O5S. The number of rotatable bonds is 13. The van der Waals surface area contributed by atoms with E-state index >= 15 is 0 Å². The average molecular weight is 481 g/mol. The van der Waals surface area contributed by atoms with Crippen LogP contribution in [0.15, 0.2) is 30.3 Å². The largest absolute Gasteiger partial charge is 0.480 e. The van der Waals surface area contributed by atoms with Crippen molar-refractivity contribution in [3.63, 3.8) is 0 Å². The zero-order chi connectivity index (χ0) is 25.1. The molecular weight excluding hydrogens is 444 g/mol. The molecule has 0 saturated heterocycles. The van der Waals surface area contributed by atoms with Crippen molar-refractivity contribution < 1.29 is 24.3 Å². The third kappa shape index (κ3) is 9.05. The highest BCUT2D eigenvalue weighted by atomic mass is 32.1. The molecule has 10 heteroatoms. The zero-order valence-electron chi connectivity index (χ0n) is 19.6. The molecule has 0 heterocycles. The minimum Gasteiger partial charge on any atom is -0.480 e. The highest BCUT2D eigenvalue weighted by molar-refractivity contribution is 7.80. The van der Waals surface area contributed by atoms with E-state index in [9.17, 15) is 24.3 Å². The van der Waals surface area contributed by atoms with Crippen LogP contribution in [-0.2, 0) is 25.6 Å². The second-order valence-electron chi connectivity index (χ2n) is 8.48. The molecule has 0 fully saturated rings. The minimum atomic E-state index is -1.14. The van der Waals surface area contributed by atoms with Crippen molar-refractivity contribution in [3.05, 3.63) is 35.9 Å². The van der Waals surface area contributed by atoms with E-state index in [2.05, 4.69) is 28.6 Å². The number of carbonyl (C=O) groups is 4. The summed E-state index contributed by atoms with van der Waals surface area (Å²) in [6.45, 7) is 7.08. The first kappa shape index (κ1) is 28.4. The minimum absolute atomic E-state index is 0.115. The van der Waals surface area contributed by atoms with Crippen LogP contribution >= 0.6 is 12.6 Å². The lowest BCUT2D eigenvalue weighted by molar-refractivity contribution is -0.143. The van der Waals surface area contributed by atoms with Crippen LogP contribution in [0.5, 0.6) is 0 Å². The number of amides is 3. The summed E-state index contributed by atoms with van der Waals surface area (Å²) in [7, 11) is 0. The Bertz CT molecular complexity index is 805. The molecule has 1 aromatic rings. The van der Waals surface area contributed by atoms with Crippen LogP contribution in [0.4, 0.5) is 0 Å². The third-order valence-corrected chi connectivity index (χ3v) is 5.87. The van der Waals surface area contributed by atoms with Gasteiger partial charge in [0.2, 0.25) is 17.7 Å². The number of aliphatic carboxylic acids is 1. The first-order chi connectivity index (χ1) is 15.5. The van der Waals surface area contributed by atoms with Crippen LogP contribution in [0.3, 0.4) is 0 Å². The quantitative estimate of drug-likeness (QED) is 0.229. The van der Waals surface area contributed by atoms with E-state index in [0.717, 1.165) is 5.56 Å². The van der Waals surface area contributed by atoms with Gasteiger partial charge < -0.3 is 26.8 Å². The van der Waals surface area contributed by atoms with Crippen LogP contribution in [-0.4, -0.2) is 58.7 Å². The molecule has 5 unspecified atom stereocenters. The molecule has 0 bridgehead atoms. The lowest BCUT2D eigenvalue weighted by atomic mass is 9.97. The first-order valence-corrected chi connectivity index (χ1v) is 11.7. The predicted octanol–water partition coefficient (Wildman–Crippen LogP) is 0.727. The third-order valence-electron chi connectivity index (χ3n) is 5.47. The Hall–Kier alpha value is -2.59. The van der Waals surface area contributed by atoms with Gasteiger partial charge in [-0.2, -0.15) is 12.6 Å². The number of carboxylic acid groups (broad SMARTS) is 1. The van der Waals surface area contributed by atoms with Crippen LogP contribution in [0, 0.1) is 11.8 Å². The number of carboxylic acids is 1. The second-order valence-corrected chi connectivity index (χ2v) is 8.85. The lowest BCUT2D eigenvalue weighted by Gasteiger charge is -2.28. The van der Waals surface area contributed by atoms with Crippen molar-refractivity contribution in [1.82, 2.24) is 16.0 Å². The fraction of sp³-hybridized carbons (Fsp3) is 0.565. The fourth-order valence-electron chi connectivity index (χ4n) is 3.14. The summed E-state index contributed by atoms with van der Waals surface area (Å²) in [5.41, 5.74) is 6.49. The van der Waals surface area contributed by atoms with Gasteiger partial charge >= 0.3 is 5.97 Å². The Labute approximate surface area is 200 Å². The molecule has 0 spiro atoms. The SMILES string of the molecule is CCC(C)C(NC(=O)C(Cc1ccccc1)NC(=O)C(NC(=O)C(N)CS)C(C)C)C(=O)O. The van der Waals surface area contributed by atoms with Crippen molar-refractivity contribution in [2.24, 2.45) is 17.6 Å². The number of thiol groups is 1. The molecule has 0 aromatic heterocycles. The Morgan fingerprint density at radius 3 is 2.00 bits per heavy atom. The Balaban J connectivity index is 3.11. The molecule has 5 atom stereocenters. The Morgan fingerprint density at radius 2 is 1.52 bits per heavy atom. The summed E-state index contributed by atoms with van der Waals surface area (Å²) in [6, 6.07) is 5.12. The van der Waals surface area contributed by atoms with Gasteiger partial charge in [-0.15, -0.1) is 0 Å². The van der Waals surface area contributed by atoms with E-state index in [-0.39, 0.29) is 24.0 Å². The monoisotopic (exact) mass is 480 g/mol. The second kappa shape index (κ2) is 13.8. The standard InChI is InChI=1S/C23H36N4O5S/c1-5-14(4)19(23(31)32)27-21(29)17(11-15-9-7-6-8-10-15)25-22(30)18(13(2)3)26-20(28)16(24)12-33/h6-10,13-14,16-19,33H,5,11-12,24H2,1-4H3,(H,25,30)(H,26,28)(H,27,29)(H,31,32). The normalized spacial score (nSPS) is 15.6. The van der Waals surface area contributed by atoms with Crippen molar-refractivity contribution in [2.45, 2.75) is 64.7 Å². The summed E-state index contributed by atoms with van der Waals surface area (Å²) in [6.07, 6.45) is 0.708. The fourth-order valence-corrected chi connectivity index (χ4v) is 3.30. The van der Waals surface area contributed by atoms with Gasteiger partial charge in [0.1, 0.15) is 18.1 Å². The molecule has 184 valence electrons. The number of benzene rings is 1. The highest BCUT2D eigenvalue weighted by Crippen LogP contribution is 2.11. The molecule has 33 heavy (non-hydrogen) atoms. The van der Waals surface area contributed by atoms with E-state index in [0.29, 0.717) is 6.42 Å². The van der Waals surface area contributed by atoms with Gasteiger partial charge in [-0.1, -0.05) is 64.4 Å². The van der Waals surface area contributed by atoms with E-state index in [1.807, 2.05) is 25.1 Å². The summed E-state index contributed by atoms with van der Waals surface area (Å²) >= 11 is 4.00. The Morgan fingerprint density at radius 1 is 0.939 bits per heavy atom. The van der Waals surface area contributed by atoms with Gasteiger partial charge in [0.05, 0.1) is 6.04 Å². The molecule has 1 rings (SSSR count). The van der Waals surface area contributed by atoms with E-state index in [4.69, 9.17) is 5.73 Å². The molecule has 0 aliphatic heterocycles. The van der Waals surface area contributed by atoms with E-state index < -0.39 is 47.9 Å². The lowest BCUT2D eigenvalue weighted by Crippen LogP contribution is -2.59. The molecule has 0 saturated carbocycles. The molecule has 6 N–H and O–H groups in total. The van der Waals surface area contributed by atoms with E-state index in [1.165, 1.54) is 0 Å². The topological polar surface area (TPSA) is 151 Å². The van der Waals surface area contributed by atoms with Gasteiger partial charge in [-0.25, -0.2) is 4.79 Å². The number of nitrogens with one attached hydrogen (secondary N) is 3. The van der Waals surface area contributed by atoms with E-state index in [1.54, 1.807) is 32.9 Å². The molecule has 0 aliphatic carbocycles. The number of carbonyl (C=O) groups excluding carboxylic acids is 3. The van der Waals surface area contributed by atoms with Crippen LogP contribution < -0.4 is 21.7 Å². The van der Waals surface area contributed by atoms with Crippen molar-refractivity contribution in [2.75, 3.05) is 5.75 Å². The predicted molar refractivity (Wildman–Crippen MR) is 130 cm³/mol. The molecule has 1 aromatic carbocycles. The first-order valence-electron chi connectivity index (χ1n) is 11.1. The Kier molecular flexibility index (Phi) is 11.9. The number of hydrogen-bond donors (Lipinski definition) is 6. The average Bonchev–Trinajstić information content (AvgIpc) is 2.79. The molecule has 0 aliphatic rings. The van der Waals surface area contributed by atoms with Gasteiger partial charge in [0.25, 0.3) is 0 Å². The maximum atomic E-state index is 13.1. The maximum absolute atomic E-state index is 13.1. The smallest absolute Gasteiger partial charge is 0.326 e. The summed E-state index contributed by atoms with van der Waals surface area (Å²) < 4.78 is 0. The molecule has 3 amide bonds. The van der Waals surface area contributed by atoms with Crippen molar-refractivity contribution in [3.8, 4) is 0 Å². The molecule has 0 radical (unpaired) electrons. The van der Waals surface area contributed by atoms with Gasteiger partial charge in [0, 0.05) is 12.2 Å². The van der Waals surface area contributed by atoms with Gasteiger partial charge in [-0.3, -0.25) is 14.4 Å². The van der Waals surface area contributed by atoms with Crippen molar-refractivity contribution in [1.29, 1.82) is 0 Å². The van der Waals surface area contributed by atoms with Gasteiger partial charge in [0.15, 0.2) is 0 Å². The highest BCUT2D eigenvalue weighted by Gasteiger charge is 2.32. The van der Waals surface area contributed by atoms with Crippen LogP contribution in [0.2, 0.25) is 0 Å². The summed E-state index contributed by atoms with van der Waals surface area (Å²) in [5.74, 6) is -3.31. The summed E-state index contributed by atoms with van der Waals surface area (Å²) in [5, 5.41) is 17.4.